The van der Waals surface area contributed by atoms with Crippen molar-refractivity contribution in [2.24, 2.45) is 0 Å². The number of carbonyl (C=O) groups is 2. The predicted molar refractivity (Wildman–Crippen MR) is 77.1 cm³/mol. The van der Waals surface area contributed by atoms with Crippen LogP contribution in [0, 0.1) is 11.3 Å². The Balaban J connectivity index is 2.75. The molecule has 7 nitrogen and oxygen atoms in total. The van der Waals surface area contributed by atoms with E-state index >= 15 is 0 Å². The molecule has 0 aromatic heterocycles. The van der Waals surface area contributed by atoms with Gasteiger partial charge in [0.1, 0.15) is 23.0 Å². The molecule has 22 heavy (non-hydrogen) atoms. The maximum Gasteiger partial charge on any atom is 0.407 e. The monoisotopic (exact) mass is 306 g/mol. The molecule has 0 heterocycles. The van der Waals surface area contributed by atoms with E-state index in [2.05, 4.69) is 10.1 Å². The average Bonchev–Trinajstić information content (AvgIpc) is 2.41. The number of alkyl carbamates (subject to hydrolysis) is 1. The van der Waals surface area contributed by atoms with Crippen LogP contribution >= 0.6 is 0 Å². The smallest absolute Gasteiger partial charge is 0.407 e. The first-order valence-corrected chi connectivity index (χ1v) is 6.56. The first-order chi connectivity index (χ1) is 10.2. The Labute approximate surface area is 128 Å². The van der Waals surface area contributed by atoms with E-state index in [1.807, 2.05) is 0 Å². The van der Waals surface area contributed by atoms with Crippen molar-refractivity contribution < 1.29 is 24.2 Å². The van der Waals surface area contributed by atoms with Gasteiger partial charge in [0.05, 0.1) is 0 Å². The molecule has 0 atom stereocenters. The number of para-hydroxylation sites is 1. The second kappa shape index (κ2) is 7.31. The lowest BCUT2D eigenvalue weighted by Crippen LogP contribution is -2.32. The number of aromatic hydroxyl groups is 1. The van der Waals surface area contributed by atoms with Crippen molar-refractivity contribution in [3.63, 3.8) is 0 Å². The van der Waals surface area contributed by atoms with Crippen molar-refractivity contribution in [3.8, 4) is 11.8 Å². The lowest BCUT2D eigenvalue weighted by molar-refractivity contribution is 0.0522. The summed E-state index contributed by atoms with van der Waals surface area (Å²) in [7, 11) is 0. The number of ether oxygens (including phenoxy) is 2. The highest BCUT2D eigenvalue weighted by atomic mass is 16.6. The van der Waals surface area contributed by atoms with Crippen LogP contribution in [0.3, 0.4) is 0 Å². The van der Waals surface area contributed by atoms with Crippen molar-refractivity contribution in [3.05, 3.63) is 29.3 Å². The van der Waals surface area contributed by atoms with Crippen molar-refractivity contribution in [2.45, 2.75) is 32.9 Å². The molecule has 0 unspecified atom stereocenters. The largest absolute Gasteiger partial charge is 0.507 e. The third kappa shape index (κ3) is 5.32. The van der Waals surface area contributed by atoms with Crippen molar-refractivity contribution in [1.82, 2.24) is 5.32 Å². The number of amides is 1. The molecule has 1 rings (SSSR count). The number of benzene rings is 1. The molecule has 0 spiro atoms. The highest BCUT2D eigenvalue weighted by Gasteiger charge is 2.18. The first kappa shape index (κ1) is 17.3. The Hall–Kier alpha value is -2.75. The molecule has 0 saturated heterocycles. The van der Waals surface area contributed by atoms with Gasteiger partial charge in [0, 0.05) is 12.1 Å². The van der Waals surface area contributed by atoms with Gasteiger partial charge in [-0.15, -0.1) is 0 Å². The Morgan fingerprint density at radius 1 is 1.36 bits per heavy atom. The SMILES string of the molecule is CC(C)(C)OC(=O)NCc1cccc(C(=O)OCC#N)c1O. The Morgan fingerprint density at radius 3 is 2.64 bits per heavy atom. The Kier molecular flexibility index (Phi) is 5.75. The van der Waals surface area contributed by atoms with Crippen LogP contribution < -0.4 is 5.32 Å². The van der Waals surface area contributed by atoms with Crippen LogP contribution in [0.25, 0.3) is 0 Å². The highest BCUT2D eigenvalue weighted by Crippen LogP contribution is 2.23. The molecular formula is C15H18N2O5. The zero-order valence-corrected chi connectivity index (χ0v) is 12.7. The van der Waals surface area contributed by atoms with Gasteiger partial charge in [0.25, 0.3) is 0 Å². The van der Waals surface area contributed by atoms with E-state index in [1.54, 1.807) is 32.9 Å². The predicted octanol–water partition coefficient (Wildman–Crippen LogP) is 2.10. The maximum atomic E-state index is 11.7. The summed E-state index contributed by atoms with van der Waals surface area (Å²) in [5.41, 5.74) is -0.370. The minimum absolute atomic E-state index is 0.0138. The van der Waals surface area contributed by atoms with Crippen LogP contribution in [0.2, 0.25) is 0 Å². The third-order valence-electron chi connectivity index (χ3n) is 2.43. The number of nitrogens with zero attached hydrogens (tertiary/aromatic N) is 1. The summed E-state index contributed by atoms with van der Waals surface area (Å²) in [4.78, 5) is 23.2. The summed E-state index contributed by atoms with van der Waals surface area (Å²) < 4.78 is 9.70. The van der Waals surface area contributed by atoms with Crippen LogP contribution in [0.4, 0.5) is 4.79 Å². The van der Waals surface area contributed by atoms with E-state index in [9.17, 15) is 14.7 Å². The molecule has 0 fully saturated rings. The van der Waals surface area contributed by atoms with Crippen LogP contribution in [-0.4, -0.2) is 29.4 Å². The van der Waals surface area contributed by atoms with E-state index < -0.39 is 24.3 Å². The summed E-state index contributed by atoms with van der Waals surface area (Å²) in [6.45, 7) is 4.78. The lowest BCUT2D eigenvalue weighted by Gasteiger charge is -2.19. The van der Waals surface area contributed by atoms with E-state index in [-0.39, 0.29) is 17.9 Å². The standard InChI is InChI=1S/C15H18N2O5/c1-15(2,3)22-14(20)17-9-10-5-4-6-11(12(10)18)13(19)21-8-7-16/h4-6,18H,8-9H2,1-3H3,(H,17,20). The number of nitriles is 1. The number of rotatable bonds is 4. The molecule has 2 N–H and O–H groups in total. The minimum Gasteiger partial charge on any atom is -0.507 e. The van der Waals surface area contributed by atoms with Crippen LogP contribution in [0.15, 0.2) is 18.2 Å². The van der Waals surface area contributed by atoms with Gasteiger partial charge in [0.2, 0.25) is 0 Å². The maximum absolute atomic E-state index is 11.7. The zero-order valence-electron chi connectivity index (χ0n) is 12.7. The molecule has 1 amide bonds. The van der Waals surface area contributed by atoms with Crippen LogP contribution in [0.1, 0.15) is 36.7 Å². The van der Waals surface area contributed by atoms with Crippen LogP contribution in [0.5, 0.6) is 5.75 Å². The number of hydrogen-bond acceptors (Lipinski definition) is 6. The second-order valence-electron chi connectivity index (χ2n) is 5.40. The topological polar surface area (TPSA) is 109 Å². The Bertz CT molecular complexity index is 599. The molecule has 1 aromatic rings. The van der Waals surface area contributed by atoms with Gasteiger partial charge in [-0.25, -0.2) is 9.59 Å². The summed E-state index contributed by atoms with van der Waals surface area (Å²) >= 11 is 0. The Morgan fingerprint density at radius 2 is 2.05 bits per heavy atom. The second-order valence-corrected chi connectivity index (χ2v) is 5.40. The minimum atomic E-state index is -0.807. The number of hydrogen-bond donors (Lipinski definition) is 2. The quantitative estimate of drug-likeness (QED) is 0.824. The van der Waals surface area contributed by atoms with E-state index in [1.165, 1.54) is 12.1 Å². The van der Waals surface area contributed by atoms with E-state index in [4.69, 9.17) is 10.00 Å². The van der Waals surface area contributed by atoms with E-state index in [0.29, 0.717) is 5.56 Å². The van der Waals surface area contributed by atoms with Crippen LogP contribution in [-0.2, 0) is 16.0 Å². The molecule has 0 aliphatic rings. The molecule has 0 radical (unpaired) electrons. The molecule has 0 aliphatic carbocycles. The number of phenolic OH excluding ortho intramolecular Hbond substituents is 1. The van der Waals surface area contributed by atoms with Gasteiger partial charge in [-0.3, -0.25) is 0 Å². The molecule has 0 aliphatic heterocycles. The molecule has 0 saturated carbocycles. The average molecular weight is 306 g/mol. The lowest BCUT2D eigenvalue weighted by atomic mass is 10.1. The molecule has 0 bridgehead atoms. The molecule has 1 aromatic carbocycles. The van der Waals surface area contributed by atoms with Crippen molar-refractivity contribution >= 4 is 12.1 Å². The summed E-state index contributed by atoms with van der Waals surface area (Å²) in [6.07, 6.45) is -0.635. The number of nitrogens with one attached hydrogen (secondary N) is 1. The number of phenols is 1. The fourth-order valence-corrected chi connectivity index (χ4v) is 1.56. The van der Waals surface area contributed by atoms with Gasteiger partial charge in [-0.05, 0) is 26.8 Å². The summed E-state index contributed by atoms with van der Waals surface area (Å²) in [5.74, 6) is -1.11. The molecule has 7 heteroatoms. The van der Waals surface area contributed by atoms with Gasteiger partial charge >= 0.3 is 12.1 Å². The number of esters is 1. The van der Waals surface area contributed by atoms with E-state index in [0.717, 1.165) is 0 Å². The van der Waals surface area contributed by atoms with Gasteiger partial charge in [-0.1, -0.05) is 12.1 Å². The first-order valence-electron chi connectivity index (χ1n) is 6.56. The molecular weight excluding hydrogens is 288 g/mol. The fourth-order valence-electron chi connectivity index (χ4n) is 1.56. The van der Waals surface area contributed by atoms with Gasteiger partial charge < -0.3 is 19.9 Å². The summed E-state index contributed by atoms with van der Waals surface area (Å²) in [5, 5.41) is 20.9. The van der Waals surface area contributed by atoms with Gasteiger partial charge in [0.15, 0.2) is 6.61 Å². The van der Waals surface area contributed by atoms with Crippen molar-refractivity contribution in [1.29, 1.82) is 5.26 Å². The third-order valence-corrected chi connectivity index (χ3v) is 2.43. The highest BCUT2D eigenvalue weighted by molar-refractivity contribution is 5.93. The summed E-state index contributed by atoms with van der Waals surface area (Å²) in [6, 6.07) is 6.12. The van der Waals surface area contributed by atoms with Gasteiger partial charge in [-0.2, -0.15) is 5.26 Å². The normalized spacial score (nSPS) is 10.5. The number of carbonyl (C=O) groups excluding carboxylic acids is 2. The fraction of sp³-hybridized carbons (Fsp3) is 0.400. The zero-order chi connectivity index (χ0) is 16.8. The van der Waals surface area contributed by atoms with Crippen molar-refractivity contribution in [2.75, 3.05) is 6.61 Å². The molecule has 118 valence electrons.